The highest BCUT2D eigenvalue weighted by atomic mass is 31.2. The summed E-state index contributed by atoms with van der Waals surface area (Å²) < 4.78 is 38.7. The largest absolute Gasteiger partial charge is 0.463 e. The molecule has 71 heavy (non-hydrogen) atoms. The molecule has 0 bridgehead atoms. The lowest BCUT2D eigenvalue weighted by Gasteiger charge is -2.27. The predicted molar refractivity (Wildman–Crippen MR) is 301 cm³/mol. The summed E-state index contributed by atoms with van der Waals surface area (Å²) in [6.45, 7) is 10.4. The van der Waals surface area contributed by atoms with E-state index >= 15 is 0 Å². The van der Waals surface area contributed by atoms with E-state index in [4.69, 9.17) is 27.1 Å². The van der Waals surface area contributed by atoms with Crippen molar-refractivity contribution in [2.24, 2.45) is 0 Å². The van der Waals surface area contributed by atoms with Crippen LogP contribution in [0.2, 0.25) is 0 Å². The van der Waals surface area contributed by atoms with Gasteiger partial charge < -0.3 is 18.1 Å². The van der Waals surface area contributed by atoms with Crippen LogP contribution in [-0.2, 0) is 14.5 Å². The molecule has 0 saturated heterocycles. The van der Waals surface area contributed by atoms with Crippen molar-refractivity contribution in [1.82, 2.24) is 0 Å². The first-order valence-electron chi connectivity index (χ1n) is 28.9. The lowest BCUT2D eigenvalue weighted by atomic mass is 9.78. The zero-order valence-electron chi connectivity index (χ0n) is 44.9. The Bertz CT molecular complexity index is 1800. The fraction of sp³-hybridized carbons (Fsp3) is 0.619. The van der Waals surface area contributed by atoms with E-state index < -0.39 is 17.2 Å². The lowest BCUT2D eigenvalue weighted by molar-refractivity contribution is 0.257. The molecule has 0 N–H and O–H groups in total. The summed E-state index contributed by atoms with van der Waals surface area (Å²) in [7, 11) is -3.26. The summed E-state index contributed by atoms with van der Waals surface area (Å²) >= 11 is 0. The zero-order chi connectivity index (χ0) is 49.6. The topological polar surface area (TPSA) is 55.4 Å². The van der Waals surface area contributed by atoms with Crippen LogP contribution in [0.4, 0.5) is 0 Å². The molecule has 8 heteroatoms. The van der Waals surface area contributed by atoms with Crippen LogP contribution in [0.3, 0.4) is 0 Å². The third-order valence-electron chi connectivity index (χ3n) is 15.2. The van der Waals surface area contributed by atoms with Gasteiger partial charge in [-0.1, -0.05) is 230 Å². The van der Waals surface area contributed by atoms with E-state index in [2.05, 4.69) is 125 Å². The van der Waals surface area contributed by atoms with Crippen molar-refractivity contribution in [1.29, 1.82) is 0 Å². The van der Waals surface area contributed by atoms with Crippen LogP contribution in [-0.4, -0.2) is 13.2 Å². The van der Waals surface area contributed by atoms with Crippen molar-refractivity contribution >= 4 is 17.2 Å². The second-order valence-electron chi connectivity index (χ2n) is 21.3. The summed E-state index contributed by atoms with van der Waals surface area (Å²) in [5.74, 6) is 4.41. The molecule has 2 atom stereocenters. The summed E-state index contributed by atoms with van der Waals surface area (Å²) in [6, 6.07) is 34.3. The quantitative estimate of drug-likeness (QED) is 0.0334. The molecule has 0 spiro atoms. The Kier molecular flexibility index (Phi) is 27.1. The molecule has 0 aromatic heterocycles. The molecule has 4 aromatic rings. The average Bonchev–Trinajstić information content (AvgIpc) is 3.40. The maximum Gasteiger partial charge on any atom is 0.463 e. The second kappa shape index (κ2) is 33.6. The highest BCUT2D eigenvalue weighted by Gasteiger charge is 2.26. The van der Waals surface area contributed by atoms with E-state index in [1.54, 1.807) is 0 Å². The van der Waals surface area contributed by atoms with Gasteiger partial charge in [0.15, 0.2) is 0 Å². The molecule has 4 aromatic carbocycles. The van der Waals surface area contributed by atoms with Crippen LogP contribution < -0.4 is 18.1 Å². The maximum atomic E-state index is 6.51. The monoisotopic (exact) mass is 1010 g/mol. The van der Waals surface area contributed by atoms with E-state index in [1.165, 1.54) is 202 Å². The van der Waals surface area contributed by atoms with Gasteiger partial charge in [0, 0.05) is 5.41 Å². The molecule has 2 aliphatic rings. The Morgan fingerprint density at radius 2 is 0.620 bits per heavy atom. The summed E-state index contributed by atoms with van der Waals surface area (Å²) in [6.07, 6.45) is 38.9. The van der Waals surface area contributed by atoms with Gasteiger partial charge in [0.1, 0.15) is 23.0 Å². The van der Waals surface area contributed by atoms with E-state index in [0.29, 0.717) is 25.0 Å². The van der Waals surface area contributed by atoms with Gasteiger partial charge in [-0.3, -0.25) is 9.05 Å². The van der Waals surface area contributed by atoms with Gasteiger partial charge in [-0.15, -0.1) is 0 Å². The molecular formula is C63H94O6P2. The lowest BCUT2D eigenvalue weighted by Crippen LogP contribution is -2.18. The van der Waals surface area contributed by atoms with E-state index in [0.717, 1.165) is 35.8 Å². The van der Waals surface area contributed by atoms with Crippen molar-refractivity contribution in [3.8, 4) is 23.0 Å². The predicted octanol–water partition coefficient (Wildman–Crippen LogP) is 21.4. The van der Waals surface area contributed by atoms with Crippen molar-refractivity contribution in [3.05, 3.63) is 119 Å². The second-order valence-corrected chi connectivity index (χ2v) is 23.5. The number of hydrogen-bond acceptors (Lipinski definition) is 6. The van der Waals surface area contributed by atoms with Gasteiger partial charge in [0.25, 0.3) is 0 Å². The summed E-state index contributed by atoms with van der Waals surface area (Å²) in [5.41, 5.74) is 4.95. The average molecular weight is 1010 g/mol. The van der Waals surface area contributed by atoms with Gasteiger partial charge in [-0.2, -0.15) is 0 Å². The first-order chi connectivity index (χ1) is 34.9. The van der Waals surface area contributed by atoms with Gasteiger partial charge in [0.2, 0.25) is 0 Å². The number of rotatable bonds is 36. The molecule has 2 aliphatic carbocycles. The molecule has 6 rings (SSSR count). The maximum absolute atomic E-state index is 6.51. The molecule has 392 valence electrons. The van der Waals surface area contributed by atoms with Crippen LogP contribution in [0.25, 0.3) is 0 Å². The summed E-state index contributed by atoms with van der Waals surface area (Å²) in [5, 5.41) is 0. The fourth-order valence-corrected chi connectivity index (χ4v) is 12.5. The van der Waals surface area contributed by atoms with Crippen LogP contribution >= 0.6 is 17.2 Å². The minimum Gasteiger partial charge on any atom is -0.418 e. The summed E-state index contributed by atoms with van der Waals surface area (Å²) in [4.78, 5) is 0. The van der Waals surface area contributed by atoms with Gasteiger partial charge >= 0.3 is 17.2 Å². The van der Waals surface area contributed by atoms with Crippen LogP contribution in [0.1, 0.15) is 254 Å². The highest BCUT2D eigenvalue weighted by molar-refractivity contribution is 7.42. The SMILES string of the molecule is CCCCCCCCCCCCOP(Oc1ccc(C2CCCCC2)cc1)Oc1ccc(C(C)(C)c2ccc(OP(OCCCCCCCCCCCC)Oc3ccc(C4CCCCC4)cc3)cc2)cc1. The van der Waals surface area contributed by atoms with Crippen LogP contribution in [0.15, 0.2) is 97.1 Å². The molecule has 0 radical (unpaired) electrons. The van der Waals surface area contributed by atoms with Gasteiger partial charge in [-0.05, 0) is 121 Å². The first kappa shape index (κ1) is 57.1. The van der Waals surface area contributed by atoms with E-state index in [-0.39, 0.29) is 5.41 Å². The van der Waals surface area contributed by atoms with Gasteiger partial charge in [0.05, 0.1) is 13.2 Å². The standard InChI is InChI=1S/C63H94O6P2/c1-5-7-9-11-13-15-17-19-21-29-51-64-70(66-59-43-35-55(36-44-59)53-31-25-23-26-32-53)68-61-47-39-57(40-48-61)63(3,4)58-41-49-62(50-42-58)69-71(65-52-30-22-20-18-16-14-12-10-8-6-2)67-60-45-37-56(38-46-60)54-33-27-24-28-34-54/h35-50,53-54H,5-34,51-52H2,1-4H3. The Morgan fingerprint density at radius 3 is 0.915 bits per heavy atom. The Balaban J connectivity index is 1.03. The molecule has 2 saturated carbocycles. The van der Waals surface area contributed by atoms with Crippen molar-refractivity contribution < 1.29 is 27.1 Å². The molecule has 0 aliphatic heterocycles. The fourth-order valence-electron chi connectivity index (χ4n) is 10.4. The van der Waals surface area contributed by atoms with Crippen molar-refractivity contribution in [2.45, 2.75) is 238 Å². The zero-order valence-corrected chi connectivity index (χ0v) is 46.7. The van der Waals surface area contributed by atoms with Gasteiger partial charge in [-0.25, -0.2) is 0 Å². The van der Waals surface area contributed by atoms with E-state index in [1.807, 2.05) is 0 Å². The minimum atomic E-state index is -1.63. The van der Waals surface area contributed by atoms with Crippen molar-refractivity contribution in [2.75, 3.05) is 13.2 Å². The normalized spacial score (nSPS) is 15.6. The van der Waals surface area contributed by atoms with E-state index in [9.17, 15) is 0 Å². The minimum absolute atomic E-state index is 0.266. The third kappa shape index (κ3) is 21.3. The molecule has 2 unspecified atom stereocenters. The molecular weight excluding hydrogens is 915 g/mol. The number of hydrogen-bond donors (Lipinski definition) is 0. The molecule has 6 nitrogen and oxygen atoms in total. The number of benzene rings is 4. The number of unbranched alkanes of at least 4 members (excludes halogenated alkanes) is 18. The molecule has 0 amide bonds. The third-order valence-corrected chi connectivity index (χ3v) is 17.4. The Labute approximate surface area is 435 Å². The van der Waals surface area contributed by atoms with Crippen molar-refractivity contribution in [3.63, 3.8) is 0 Å². The smallest absolute Gasteiger partial charge is 0.418 e. The first-order valence-corrected chi connectivity index (χ1v) is 31.1. The molecule has 0 heterocycles. The molecule has 2 fully saturated rings. The Hall–Kier alpha value is -3.14. The Morgan fingerprint density at radius 1 is 0.352 bits per heavy atom. The van der Waals surface area contributed by atoms with Crippen LogP contribution in [0.5, 0.6) is 23.0 Å². The highest BCUT2D eigenvalue weighted by Crippen LogP contribution is 2.45. The van der Waals surface area contributed by atoms with Crippen LogP contribution in [0, 0.1) is 0 Å².